The van der Waals surface area contributed by atoms with E-state index in [2.05, 4.69) is 5.32 Å². The van der Waals surface area contributed by atoms with Crippen LogP contribution in [0, 0.1) is 0 Å². The molecule has 0 aromatic heterocycles. The molecule has 0 radical (unpaired) electrons. The minimum atomic E-state index is -0.561. The fourth-order valence-electron chi connectivity index (χ4n) is 2.94. The van der Waals surface area contributed by atoms with Gasteiger partial charge in [-0.15, -0.1) is 0 Å². The summed E-state index contributed by atoms with van der Waals surface area (Å²) < 4.78 is 6.28. The molecule has 0 aliphatic rings. The van der Waals surface area contributed by atoms with Crippen molar-refractivity contribution in [3.05, 3.63) is 97.4 Å². The maximum Gasteiger partial charge on any atom is 0.251 e. The lowest BCUT2D eigenvalue weighted by Gasteiger charge is -2.23. The van der Waals surface area contributed by atoms with Crippen molar-refractivity contribution in [1.29, 1.82) is 0 Å². The standard InChI is InChI=1S/C24H21Cl4NO2/c1-24(2,3)29-23(30)15-6-11-21(20(28)12-15)31-22(14-4-7-16(25)8-5-14)18-10-9-17(26)13-19(18)27/h4-13,22H,1-3H3,(H,29,30). The summed E-state index contributed by atoms with van der Waals surface area (Å²) in [5, 5.41) is 4.82. The number of benzene rings is 3. The minimum absolute atomic E-state index is 0.212. The van der Waals surface area contributed by atoms with E-state index in [9.17, 15) is 4.79 Å². The van der Waals surface area contributed by atoms with E-state index in [1.54, 1.807) is 42.5 Å². The van der Waals surface area contributed by atoms with E-state index >= 15 is 0 Å². The van der Waals surface area contributed by atoms with Crippen LogP contribution >= 0.6 is 46.4 Å². The second-order valence-electron chi connectivity index (χ2n) is 8.06. The summed E-state index contributed by atoms with van der Waals surface area (Å²) in [6.45, 7) is 5.74. The first-order valence-corrected chi connectivity index (χ1v) is 11.0. The van der Waals surface area contributed by atoms with Gasteiger partial charge >= 0.3 is 0 Å². The van der Waals surface area contributed by atoms with Gasteiger partial charge in [-0.1, -0.05) is 64.6 Å². The fourth-order valence-corrected chi connectivity index (χ4v) is 3.80. The van der Waals surface area contributed by atoms with E-state index in [-0.39, 0.29) is 11.4 Å². The molecule has 0 fully saturated rings. The lowest BCUT2D eigenvalue weighted by molar-refractivity contribution is 0.0919. The van der Waals surface area contributed by atoms with Crippen LogP contribution in [-0.2, 0) is 0 Å². The lowest BCUT2D eigenvalue weighted by atomic mass is 10.0. The van der Waals surface area contributed by atoms with E-state index in [0.717, 1.165) is 11.1 Å². The van der Waals surface area contributed by atoms with Crippen LogP contribution in [-0.4, -0.2) is 11.4 Å². The summed E-state index contributed by atoms with van der Waals surface area (Å²) in [6, 6.07) is 17.4. The highest BCUT2D eigenvalue weighted by atomic mass is 35.5. The Morgan fingerprint density at radius 1 is 0.839 bits per heavy atom. The smallest absolute Gasteiger partial charge is 0.251 e. The highest BCUT2D eigenvalue weighted by molar-refractivity contribution is 6.35. The molecule has 0 saturated carbocycles. The Bertz CT molecular complexity index is 1090. The van der Waals surface area contributed by atoms with Gasteiger partial charge in [0.2, 0.25) is 0 Å². The molecule has 0 spiro atoms. The van der Waals surface area contributed by atoms with E-state index < -0.39 is 6.10 Å². The maximum absolute atomic E-state index is 12.4. The Balaban J connectivity index is 1.96. The number of rotatable bonds is 5. The van der Waals surface area contributed by atoms with Crippen LogP contribution in [0.2, 0.25) is 20.1 Å². The highest BCUT2D eigenvalue weighted by Gasteiger charge is 2.22. The van der Waals surface area contributed by atoms with Crippen molar-refractivity contribution in [1.82, 2.24) is 5.32 Å². The molecule has 7 heteroatoms. The molecule has 3 aromatic rings. The molecule has 162 valence electrons. The highest BCUT2D eigenvalue weighted by Crippen LogP contribution is 2.37. The number of carbonyl (C=O) groups is 1. The number of halogens is 4. The first kappa shape index (κ1) is 23.7. The van der Waals surface area contributed by atoms with E-state index in [4.69, 9.17) is 51.1 Å². The van der Waals surface area contributed by atoms with Gasteiger partial charge in [0, 0.05) is 31.7 Å². The van der Waals surface area contributed by atoms with Gasteiger partial charge in [-0.3, -0.25) is 4.79 Å². The van der Waals surface area contributed by atoms with Crippen molar-refractivity contribution in [2.75, 3.05) is 0 Å². The van der Waals surface area contributed by atoms with Crippen molar-refractivity contribution in [2.45, 2.75) is 32.4 Å². The third-order valence-corrected chi connectivity index (χ3v) is 5.45. The van der Waals surface area contributed by atoms with Gasteiger partial charge in [0.1, 0.15) is 5.75 Å². The predicted octanol–water partition coefficient (Wildman–Crippen LogP) is 8.00. The Kier molecular flexibility index (Phi) is 7.43. The zero-order valence-corrected chi connectivity index (χ0v) is 20.2. The molecule has 3 rings (SSSR count). The van der Waals surface area contributed by atoms with Crippen LogP contribution in [0.4, 0.5) is 0 Å². The van der Waals surface area contributed by atoms with E-state index in [1.165, 1.54) is 0 Å². The van der Waals surface area contributed by atoms with Crippen molar-refractivity contribution in [2.24, 2.45) is 0 Å². The zero-order chi connectivity index (χ0) is 22.8. The SMILES string of the molecule is CC(C)(C)NC(=O)c1ccc(OC(c2ccc(Cl)cc2)c2ccc(Cl)cc2Cl)c(Cl)c1. The maximum atomic E-state index is 12.4. The van der Waals surface area contributed by atoms with E-state index in [0.29, 0.717) is 31.4 Å². The number of carbonyl (C=O) groups excluding carboxylic acids is 1. The number of hydrogen-bond acceptors (Lipinski definition) is 2. The molecule has 1 atom stereocenters. The molecule has 1 amide bonds. The normalized spacial score (nSPS) is 12.4. The van der Waals surface area contributed by atoms with Gasteiger partial charge in [-0.2, -0.15) is 0 Å². The van der Waals surface area contributed by atoms with Gasteiger partial charge in [-0.05, 0) is 68.8 Å². The van der Waals surface area contributed by atoms with Gasteiger partial charge in [0.25, 0.3) is 5.91 Å². The molecule has 31 heavy (non-hydrogen) atoms. The van der Waals surface area contributed by atoms with E-state index in [1.807, 2.05) is 39.0 Å². The van der Waals surface area contributed by atoms with Crippen LogP contribution in [0.1, 0.15) is 48.4 Å². The second kappa shape index (κ2) is 9.70. The molecule has 3 aromatic carbocycles. The number of amides is 1. The molecule has 0 aliphatic heterocycles. The monoisotopic (exact) mass is 495 g/mol. The fraction of sp³-hybridized carbons (Fsp3) is 0.208. The average molecular weight is 497 g/mol. The minimum Gasteiger partial charge on any atom is -0.479 e. The number of ether oxygens (including phenoxy) is 1. The second-order valence-corrected chi connectivity index (χ2v) is 9.75. The van der Waals surface area contributed by atoms with Gasteiger partial charge < -0.3 is 10.1 Å². The van der Waals surface area contributed by atoms with Crippen molar-refractivity contribution >= 4 is 52.3 Å². The molecular formula is C24H21Cl4NO2. The topological polar surface area (TPSA) is 38.3 Å². The summed E-state index contributed by atoms with van der Waals surface area (Å²) >= 11 is 25.1. The summed E-state index contributed by atoms with van der Waals surface area (Å²) in [4.78, 5) is 12.4. The van der Waals surface area contributed by atoms with Gasteiger partial charge in [0.15, 0.2) is 6.10 Å². The van der Waals surface area contributed by atoms with Gasteiger partial charge in [0.05, 0.1) is 5.02 Å². The Labute approximate surface area is 202 Å². The Morgan fingerprint density at radius 2 is 1.48 bits per heavy atom. The third-order valence-electron chi connectivity index (χ3n) is 4.35. The number of hydrogen-bond donors (Lipinski definition) is 1. The summed E-state index contributed by atoms with van der Waals surface area (Å²) in [5.41, 5.74) is 1.64. The molecule has 1 N–H and O–H groups in total. The largest absolute Gasteiger partial charge is 0.479 e. The van der Waals surface area contributed by atoms with Crippen LogP contribution in [0.3, 0.4) is 0 Å². The lowest BCUT2D eigenvalue weighted by Crippen LogP contribution is -2.40. The van der Waals surface area contributed by atoms with Gasteiger partial charge in [-0.25, -0.2) is 0 Å². The Hall–Kier alpha value is -1.91. The van der Waals surface area contributed by atoms with Crippen molar-refractivity contribution in [3.63, 3.8) is 0 Å². The zero-order valence-electron chi connectivity index (χ0n) is 17.2. The van der Waals surface area contributed by atoms with Crippen molar-refractivity contribution < 1.29 is 9.53 Å². The van der Waals surface area contributed by atoms with Crippen LogP contribution in [0.5, 0.6) is 5.75 Å². The number of nitrogens with one attached hydrogen (secondary N) is 1. The molecule has 0 bridgehead atoms. The van der Waals surface area contributed by atoms with Crippen LogP contribution < -0.4 is 10.1 Å². The quantitative estimate of drug-likeness (QED) is 0.388. The van der Waals surface area contributed by atoms with Crippen LogP contribution in [0.15, 0.2) is 60.7 Å². The first-order chi connectivity index (χ1) is 14.5. The summed E-state index contributed by atoms with van der Waals surface area (Å²) in [6.07, 6.45) is -0.561. The molecule has 1 unspecified atom stereocenters. The predicted molar refractivity (Wildman–Crippen MR) is 129 cm³/mol. The third kappa shape index (κ3) is 6.30. The molecule has 0 aliphatic carbocycles. The molecule has 0 saturated heterocycles. The van der Waals surface area contributed by atoms with Crippen LogP contribution in [0.25, 0.3) is 0 Å². The molecular weight excluding hydrogens is 476 g/mol. The average Bonchev–Trinajstić information content (AvgIpc) is 2.67. The Morgan fingerprint density at radius 3 is 2.06 bits per heavy atom. The molecule has 3 nitrogen and oxygen atoms in total. The first-order valence-electron chi connectivity index (χ1n) is 9.52. The molecule has 0 heterocycles. The summed E-state index contributed by atoms with van der Waals surface area (Å²) in [7, 11) is 0. The summed E-state index contributed by atoms with van der Waals surface area (Å²) in [5.74, 6) is 0.205. The van der Waals surface area contributed by atoms with Crippen molar-refractivity contribution in [3.8, 4) is 5.75 Å².